The Balaban J connectivity index is 0.00000200. The summed E-state index contributed by atoms with van der Waals surface area (Å²) in [6.45, 7) is 4.29. The Labute approximate surface area is 130 Å². The summed E-state index contributed by atoms with van der Waals surface area (Å²) >= 11 is 1.64. The highest BCUT2D eigenvalue weighted by Gasteiger charge is 2.33. The van der Waals surface area contributed by atoms with Crippen LogP contribution in [0.2, 0.25) is 0 Å². The second kappa shape index (κ2) is 8.54. The molecule has 0 saturated carbocycles. The number of nitrogens with one attached hydrogen (secondary N) is 2. The predicted molar refractivity (Wildman–Crippen MR) is 84.1 cm³/mol. The van der Waals surface area contributed by atoms with Crippen LogP contribution in [-0.4, -0.2) is 54.0 Å². The van der Waals surface area contributed by atoms with Gasteiger partial charge in [-0.3, -0.25) is 9.59 Å². The molecular formula is C13H22ClN3O2S. The van der Waals surface area contributed by atoms with Gasteiger partial charge in [-0.2, -0.15) is 0 Å². The smallest absolute Gasteiger partial charge is 0.243 e. The first-order chi connectivity index (χ1) is 9.22. The molecule has 0 aromatic heterocycles. The van der Waals surface area contributed by atoms with Gasteiger partial charge >= 0.3 is 0 Å². The van der Waals surface area contributed by atoms with E-state index in [-0.39, 0.29) is 30.3 Å². The molecule has 2 aliphatic heterocycles. The number of hydrogen-bond donors (Lipinski definition) is 2. The summed E-state index contributed by atoms with van der Waals surface area (Å²) in [5.41, 5.74) is 1.27. The van der Waals surface area contributed by atoms with Crippen LogP contribution in [0.5, 0.6) is 0 Å². The molecule has 5 nitrogen and oxygen atoms in total. The van der Waals surface area contributed by atoms with E-state index in [0.717, 1.165) is 19.5 Å². The summed E-state index contributed by atoms with van der Waals surface area (Å²) in [6, 6.07) is -0.292. The van der Waals surface area contributed by atoms with Crippen LogP contribution in [0.25, 0.3) is 0 Å². The van der Waals surface area contributed by atoms with Crippen LogP contribution in [0, 0.1) is 0 Å². The maximum Gasteiger partial charge on any atom is 0.243 e. The minimum absolute atomic E-state index is 0. The fraction of sp³-hybridized carbons (Fsp3) is 0.692. The average Bonchev–Trinajstić information content (AvgIpc) is 2.94. The Morgan fingerprint density at radius 3 is 3.00 bits per heavy atom. The summed E-state index contributed by atoms with van der Waals surface area (Å²) in [6.07, 6.45) is 3.57. The van der Waals surface area contributed by atoms with E-state index in [1.807, 2.05) is 6.92 Å². The highest BCUT2D eigenvalue weighted by Crippen LogP contribution is 2.21. The van der Waals surface area contributed by atoms with E-state index in [9.17, 15) is 9.59 Å². The van der Waals surface area contributed by atoms with E-state index >= 15 is 0 Å². The van der Waals surface area contributed by atoms with E-state index in [0.29, 0.717) is 24.6 Å². The number of rotatable bonds is 4. The van der Waals surface area contributed by atoms with Gasteiger partial charge in [0.2, 0.25) is 11.8 Å². The molecule has 2 amide bonds. The van der Waals surface area contributed by atoms with Gasteiger partial charge in [-0.1, -0.05) is 18.6 Å². The summed E-state index contributed by atoms with van der Waals surface area (Å²) in [7, 11) is 0. The molecule has 0 aromatic rings. The van der Waals surface area contributed by atoms with Crippen molar-refractivity contribution in [2.75, 3.05) is 31.3 Å². The second-order valence-corrected chi connectivity index (χ2v) is 5.77. The van der Waals surface area contributed by atoms with Crippen LogP contribution in [0.15, 0.2) is 11.6 Å². The monoisotopic (exact) mass is 319 g/mol. The third-order valence-corrected chi connectivity index (χ3v) is 4.47. The normalized spacial score (nSPS) is 21.9. The van der Waals surface area contributed by atoms with Crippen LogP contribution >= 0.6 is 24.2 Å². The fourth-order valence-corrected chi connectivity index (χ4v) is 3.44. The Hall–Kier alpha value is -0.720. The highest BCUT2D eigenvalue weighted by molar-refractivity contribution is 7.99. The van der Waals surface area contributed by atoms with Crippen LogP contribution in [0.4, 0.5) is 0 Å². The van der Waals surface area contributed by atoms with Gasteiger partial charge in [-0.25, -0.2) is 0 Å². The molecule has 1 saturated heterocycles. The number of amides is 2. The van der Waals surface area contributed by atoms with Gasteiger partial charge in [0, 0.05) is 25.3 Å². The molecule has 1 unspecified atom stereocenters. The van der Waals surface area contributed by atoms with Gasteiger partial charge in [0.25, 0.3) is 0 Å². The molecule has 0 aromatic carbocycles. The van der Waals surface area contributed by atoms with Crippen molar-refractivity contribution in [3.63, 3.8) is 0 Å². The third-order valence-electron chi connectivity index (χ3n) is 3.46. The Morgan fingerprint density at radius 2 is 2.35 bits per heavy atom. The molecule has 114 valence electrons. The topological polar surface area (TPSA) is 61.4 Å². The van der Waals surface area contributed by atoms with Gasteiger partial charge < -0.3 is 15.5 Å². The van der Waals surface area contributed by atoms with Crippen molar-refractivity contribution >= 4 is 36.0 Å². The van der Waals surface area contributed by atoms with Crippen molar-refractivity contribution in [1.82, 2.24) is 15.5 Å². The number of nitrogens with zero attached hydrogens (tertiary/aromatic N) is 1. The van der Waals surface area contributed by atoms with Crippen molar-refractivity contribution in [2.45, 2.75) is 25.8 Å². The van der Waals surface area contributed by atoms with Crippen molar-refractivity contribution in [3.8, 4) is 0 Å². The minimum Gasteiger partial charge on any atom is -0.351 e. The van der Waals surface area contributed by atoms with E-state index in [1.165, 1.54) is 5.57 Å². The molecule has 2 heterocycles. The first-order valence-corrected chi connectivity index (χ1v) is 7.91. The molecule has 2 N–H and O–H groups in total. The fourth-order valence-electron chi connectivity index (χ4n) is 2.26. The summed E-state index contributed by atoms with van der Waals surface area (Å²) in [4.78, 5) is 25.6. The lowest BCUT2D eigenvalue weighted by molar-refractivity contribution is -0.137. The number of hydrogen-bond acceptors (Lipinski definition) is 4. The van der Waals surface area contributed by atoms with Crippen LogP contribution < -0.4 is 10.6 Å². The first-order valence-electron chi connectivity index (χ1n) is 6.76. The number of carbonyl (C=O) groups excluding carboxylic acids is 2. The van der Waals surface area contributed by atoms with E-state index < -0.39 is 0 Å². The van der Waals surface area contributed by atoms with Crippen molar-refractivity contribution in [3.05, 3.63) is 11.6 Å². The SMILES string of the molecule is CCC(=O)N1CSCC1C(=O)NCC1=CCNCC1.Cl. The maximum atomic E-state index is 12.2. The molecule has 0 radical (unpaired) electrons. The highest BCUT2D eigenvalue weighted by atomic mass is 35.5. The molecule has 2 rings (SSSR count). The Bertz CT molecular complexity index is 390. The predicted octanol–water partition coefficient (Wildman–Crippen LogP) is 0.756. The second-order valence-electron chi connectivity index (χ2n) is 4.77. The minimum atomic E-state index is -0.292. The van der Waals surface area contributed by atoms with Crippen LogP contribution in [0.3, 0.4) is 0 Å². The molecular weight excluding hydrogens is 298 g/mol. The zero-order valence-electron chi connectivity index (χ0n) is 11.7. The molecule has 20 heavy (non-hydrogen) atoms. The third kappa shape index (κ3) is 4.40. The lowest BCUT2D eigenvalue weighted by atomic mass is 10.1. The Morgan fingerprint density at radius 1 is 1.55 bits per heavy atom. The van der Waals surface area contributed by atoms with Gasteiger partial charge in [-0.15, -0.1) is 24.2 Å². The molecule has 1 atom stereocenters. The molecule has 1 fully saturated rings. The lowest BCUT2D eigenvalue weighted by Gasteiger charge is -2.23. The summed E-state index contributed by atoms with van der Waals surface area (Å²) in [5.74, 6) is 1.38. The molecule has 2 aliphatic rings. The molecule has 0 aliphatic carbocycles. The number of carbonyl (C=O) groups is 2. The summed E-state index contributed by atoms with van der Waals surface area (Å²) < 4.78 is 0. The van der Waals surface area contributed by atoms with Crippen molar-refractivity contribution < 1.29 is 9.59 Å². The van der Waals surface area contributed by atoms with Gasteiger partial charge in [0.15, 0.2) is 0 Å². The summed E-state index contributed by atoms with van der Waals surface area (Å²) in [5, 5.41) is 6.20. The van der Waals surface area contributed by atoms with Crippen molar-refractivity contribution in [2.24, 2.45) is 0 Å². The number of thioether (sulfide) groups is 1. The largest absolute Gasteiger partial charge is 0.351 e. The zero-order valence-corrected chi connectivity index (χ0v) is 13.3. The Kier molecular flexibility index (Phi) is 7.40. The first kappa shape index (κ1) is 17.3. The lowest BCUT2D eigenvalue weighted by Crippen LogP contribution is -2.47. The van der Waals surface area contributed by atoms with Gasteiger partial charge in [0.05, 0.1) is 5.88 Å². The van der Waals surface area contributed by atoms with E-state index in [2.05, 4.69) is 16.7 Å². The molecule has 7 heteroatoms. The zero-order chi connectivity index (χ0) is 13.7. The van der Waals surface area contributed by atoms with E-state index in [1.54, 1.807) is 16.7 Å². The molecule has 0 bridgehead atoms. The quantitative estimate of drug-likeness (QED) is 0.751. The van der Waals surface area contributed by atoms with Crippen LogP contribution in [-0.2, 0) is 9.59 Å². The van der Waals surface area contributed by atoms with Gasteiger partial charge in [-0.05, 0) is 13.0 Å². The van der Waals surface area contributed by atoms with Crippen LogP contribution in [0.1, 0.15) is 19.8 Å². The van der Waals surface area contributed by atoms with E-state index in [4.69, 9.17) is 0 Å². The van der Waals surface area contributed by atoms with Gasteiger partial charge in [0.1, 0.15) is 6.04 Å². The van der Waals surface area contributed by atoms with Crippen molar-refractivity contribution in [1.29, 1.82) is 0 Å². The average molecular weight is 320 g/mol. The maximum absolute atomic E-state index is 12.2. The molecule has 0 spiro atoms. The standard InChI is InChI=1S/C13H21N3O2S.ClH/c1-2-12(17)16-9-19-8-11(16)13(18)15-7-10-3-5-14-6-4-10;/h3,11,14H,2,4-9H2,1H3,(H,15,18);1H. The number of halogens is 1.